The lowest BCUT2D eigenvalue weighted by Gasteiger charge is -2.15. The topological polar surface area (TPSA) is 90.4 Å². The van der Waals surface area contributed by atoms with Crippen LogP contribution >= 0.6 is 0 Å². The summed E-state index contributed by atoms with van der Waals surface area (Å²) in [4.78, 5) is 33.0. The zero-order valence-corrected chi connectivity index (χ0v) is 15.0. The molecule has 1 atom stereocenters. The number of nitrogens with zero attached hydrogens (tertiary/aromatic N) is 2. The van der Waals surface area contributed by atoms with Crippen LogP contribution in [0.3, 0.4) is 0 Å². The smallest absolute Gasteiger partial charge is 0.338 e. The molecule has 0 fully saturated rings. The summed E-state index contributed by atoms with van der Waals surface area (Å²) in [7, 11) is 0. The molecule has 27 heavy (non-hydrogen) atoms. The lowest BCUT2D eigenvalue weighted by atomic mass is 10.2. The van der Waals surface area contributed by atoms with E-state index in [2.05, 4.69) is 15.3 Å². The molecule has 3 rings (SSSR count). The largest absolute Gasteiger partial charge is 0.492 e. The van der Waals surface area contributed by atoms with Gasteiger partial charge in [0.05, 0.1) is 28.9 Å². The molecule has 0 bridgehead atoms. The number of anilines is 1. The summed E-state index contributed by atoms with van der Waals surface area (Å²) >= 11 is 0. The molecule has 1 heterocycles. The average molecular weight is 365 g/mol. The molecular formula is C20H19N3O4. The van der Waals surface area contributed by atoms with Crippen LogP contribution in [0.25, 0.3) is 11.0 Å². The number of ether oxygens (including phenoxy) is 2. The number of carbonyl (C=O) groups excluding carboxylic acids is 2. The first-order chi connectivity index (χ1) is 13.1. The van der Waals surface area contributed by atoms with Gasteiger partial charge in [-0.25, -0.2) is 4.79 Å². The third-order valence-corrected chi connectivity index (χ3v) is 3.80. The molecule has 0 saturated heterocycles. The molecular weight excluding hydrogens is 346 g/mol. The van der Waals surface area contributed by atoms with Crippen molar-refractivity contribution in [3.05, 3.63) is 60.4 Å². The Hall–Kier alpha value is -3.48. The number of carbonyl (C=O) groups is 2. The zero-order chi connectivity index (χ0) is 19.2. The van der Waals surface area contributed by atoms with Crippen molar-refractivity contribution in [1.82, 2.24) is 9.97 Å². The highest BCUT2D eigenvalue weighted by Gasteiger charge is 2.20. The molecule has 138 valence electrons. The number of aromatic nitrogens is 2. The Balaban J connectivity index is 1.67. The fraction of sp³-hybridized carbons (Fsp3) is 0.200. The number of hydrogen-bond acceptors (Lipinski definition) is 6. The highest BCUT2D eigenvalue weighted by atomic mass is 16.5. The Morgan fingerprint density at radius 1 is 1.07 bits per heavy atom. The van der Waals surface area contributed by atoms with Gasteiger partial charge in [0, 0.05) is 12.4 Å². The van der Waals surface area contributed by atoms with Crippen LogP contribution in [0.2, 0.25) is 0 Å². The van der Waals surface area contributed by atoms with Crippen molar-refractivity contribution in [2.75, 3.05) is 11.9 Å². The molecule has 2 aromatic carbocycles. The third-order valence-electron chi connectivity index (χ3n) is 3.80. The van der Waals surface area contributed by atoms with E-state index in [-0.39, 0.29) is 0 Å². The predicted octanol–water partition coefficient (Wildman–Crippen LogP) is 3.21. The van der Waals surface area contributed by atoms with Gasteiger partial charge in [-0.2, -0.15) is 0 Å². The molecule has 0 spiro atoms. The lowest BCUT2D eigenvalue weighted by Crippen LogP contribution is -2.30. The van der Waals surface area contributed by atoms with Gasteiger partial charge in [0.25, 0.3) is 5.91 Å². The number of amides is 1. The summed E-state index contributed by atoms with van der Waals surface area (Å²) in [6.45, 7) is 3.84. The van der Waals surface area contributed by atoms with Crippen molar-refractivity contribution in [2.45, 2.75) is 20.0 Å². The minimum Gasteiger partial charge on any atom is -0.492 e. The Morgan fingerprint density at radius 2 is 1.81 bits per heavy atom. The molecule has 7 nitrogen and oxygen atoms in total. The predicted molar refractivity (Wildman–Crippen MR) is 101 cm³/mol. The van der Waals surface area contributed by atoms with Crippen LogP contribution < -0.4 is 10.1 Å². The molecule has 3 aromatic rings. The molecule has 1 N–H and O–H groups in total. The van der Waals surface area contributed by atoms with Crippen LogP contribution in [0.1, 0.15) is 24.2 Å². The summed E-state index contributed by atoms with van der Waals surface area (Å²) in [6.07, 6.45) is 2.14. The van der Waals surface area contributed by atoms with Crippen molar-refractivity contribution in [2.24, 2.45) is 0 Å². The molecule has 0 aliphatic carbocycles. The van der Waals surface area contributed by atoms with E-state index in [1.807, 2.05) is 13.0 Å². The highest BCUT2D eigenvalue weighted by Crippen LogP contribution is 2.24. The second-order valence-corrected chi connectivity index (χ2v) is 5.73. The van der Waals surface area contributed by atoms with E-state index >= 15 is 0 Å². The summed E-state index contributed by atoms with van der Waals surface area (Å²) < 4.78 is 10.8. The van der Waals surface area contributed by atoms with Gasteiger partial charge < -0.3 is 14.8 Å². The standard InChI is InChI=1S/C20H19N3O4/c1-3-26-18-7-5-4-6-16(18)23-19(24)13(2)27-20(25)14-8-9-15-17(12-14)22-11-10-21-15/h4-13H,3H2,1-2H3,(H,23,24)/t13-/m0/s1. The number of para-hydroxylation sites is 2. The van der Waals surface area contributed by atoms with Gasteiger partial charge in [0.15, 0.2) is 6.10 Å². The number of fused-ring (bicyclic) bond motifs is 1. The highest BCUT2D eigenvalue weighted by molar-refractivity contribution is 5.99. The number of nitrogens with one attached hydrogen (secondary N) is 1. The number of benzene rings is 2. The van der Waals surface area contributed by atoms with E-state index in [9.17, 15) is 9.59 Å². The van der Waals surface area contributed by atoms with Crippen molar-refractivity contribution in [3.8, 4) is 5.75 Å². The van der Waals surface area contributed by atoms with E-state index in [1.165, 1.54) is 6.92 Å². The van der Waals surface area contributed by atoms with Gasteiger partial charge in [0.2, 0.25) is 0 Å². The molecule has 7 heteroatoms. The van der Waals surface area contributed by atoms with Crippen LogP contribution in [0, 0.1) is 0 Å². The first-order valence-corrected chi connectivity index (χ1v) is 8.53. The molecule has 0 unspecified atom stereocenters. The van der Waals surface area contributed by atoms with Crippen molar-refractivity contribution >= 4 is 28.6 Å². The van der Waals surface area contributed by atoms with Crippen LogP contribution in [-0.4, -0.2) is 34.6 Å². The van der Waals surface area contributed by atoms with E-state index in [4.69, 9.17) is 9.47 Å². The summed E-state index contributed by atoms with van der Waals surface area (Å²) in [6, 6.07) is 11.9. The molecule has 1 aromatic heterocycles. The first kappa shape index (κ1) is 18.3. The maximum absolute atomic E-state index is 12.4. The fourth-order valence-corrected chi connectivity index (χ4v) is 2.46. The van der Waals surface area contributed by atoms with E-state index in [0.29, 0.717) is 34.6 Å². The van der Waals surface area contributed by atoms with Gasteiger partial charge >= 0.3 is 5.97 Å². The van der Waals surface area contributed by atoms with Crippen LogP contribution in [0.4, 0.5) is 5.69 Å². The zero-order valence-electron chi connectivity index (χ0n) is 15.0. The average Bonchev–Trinajstić information content (AvgIpc) is 2.69. The fourth-order valence-electron chi connectivity index (χ4n) is 2.46. The minimum atomic E-state index is -0.982. The van der Waals surface area contributed by atoms with E-state index < -0.39 is 18.0 Å². The van der Waals surface area contributed by atoms with Gasteiger partial charge in [-0.1, -0.05) is 12.1 Å². The van der Waals surface area contributed by atoms with E-state index in [1.54, 1.807) is 48.8 Å². The van der Waals surface area contributed by atoms with Gasteiger partial charge in [0.1, 0.15) is 5.75 Å². The van der Waals surface area contributed by atoms with Gasteiger partial charge in [-0.15, -0.1) is 0 Å². The number of rotatable bonds is 6. The second-order valence-electron chi connectivity index (χ2n) is 5.73. The summed E-state index contributed by atoms with van der Waals surface area (Å²) in [5.41, 5.74) is 2.08. The summed E-state index contributed by atoms with van der Waals surface area (Å²) in [5.74, 6) is -0.501. The SMILES string of the molecule is CCOc1ccccc1NC(=O)[C@H](C)OC(=O)c1ccc2nccnc2c1. The molecule has 1 amide bonds. The maximum Gasteiger partial charge on any atom is 0.338 e. The second kappa shape index (κ2) is 8.27. The molecule has 0 aliphatic heterocycles. The Kier molecular flexibility index (Phi) is 5.61. The van der Waals surface area contributed by atoms with Crippen LogP contribution in [-0.2, 0) is 9.53 Å². The van der Waals surface area contributed by atoms with Crippen molar-refractivity contribution in [1.29, 1.82) is 0 Å². The lowest BCUT2D eigenvalue weighted by molar-refractivity contribution is -0.123. The Morgan fingerprint density at radius 3 is 2.59 bits per heavy atom. The van der Waals surface area contributed by atoms with Crippen LogP contribution in [0.15, 0.2) is 54.9 Å². The van der Waals surface area contributed by atoms with Crippen molar-refractivity contribution < 1.29 is 19.1 Å². The normalized spacial score (nSPS) is 11.6. The van der Waals surface area contributed by atoms with Gasteiger partial charge in [-0.3, -0.25) is 14.8 Å². The van der Waals surface area contributed by atoms with Crippen molar-refractivity contribution in [3.63, 3.8) is 0 Å². The van der Waals surface area contributed by atoms with Gasteiger partial charge in [-0.05, 0) is 44.2 Å². The number of esters is 1. The Labute approximate surface area is 156 Å². The quantitative estimate of drug-likeness (QED) is 0.675. The third kappa shape index (κ3) is 4.38. The molecule has 0 radical (unpaired) electrons. The first-order valence-electron chi connectivity index (χ1n) is 8.53. The molecule has 0 saturated carbocycles. The Bertz CT molecular complexity index is 974. The number of hydrogen-bond donors (Lipinski definition) is 1. The van der Waals surface area contributed by atoms with E-state index in [0.717, 1.165) is 0 Å². The monoisotopic (exact) mass is 365 g/mol. The maximum atomic E-state index is 12.4. The molecule has 0 aliphatic rings. The van der Waals surface area contributed by atoms with Crippen LogP contribution in [0.5, 0.6) is 5.75 Å². The minimum absolute atomic E-state index is 0.303. The summed E-state index contributed by atoms with van der Waals surface area (Å²) in [5, 5.41) is 2.72.